The van der Waals surface area contributed by atoms with Crippen LogP contribution in [0.4, 0.5) is 17.1 Å². The number of benzene rings is 7. The van der Waals surface area contributed by atoms with E-state index in [0.29, 0.717) is 0 Å². The van der Waals surface area contributed by atoms with Crippen LogP contribution in [0.15, 0.2) is 127 Å². The maximum absolute atomic E-state index is 7.39. The van der Waals surface area contributed by atoms with E-state index in [2.05, 4.69) is 220 Å². The van der Waals surface area contributed by atoms with E-state index in [1.807, 2.05) is 0 Å². The smallest absolute Gasteiger partial charge is 0.263 e. The summed E-state index contributed by atoms with van der Waals surface area (Å²) in [5, 5.41) is 2.40. The van der Waals surface area contributed by atoms with E-state index in [-0.39, 0.29) is 23.0 Å². The highest BCUT2D eigenvalue weighted by Crippen LogP contribution is 2.48. The summed E-state index contributed by atoms with van der Waals surface area (Å²) in [5.41, 5.74) is 17.6. The van der Waals surface area contributed by atoms with Crippen LogP contribution >= 0.6 is 0 Å². The molecule has 10 rings (SSSR count). The third kappa shape index (κ3) is 6.51. The molecule has 0 bridgehead atoms. The van der Waals surface area contributed by atoms with Crippen molar-refractivity contribution in [2.75, 3.05) is 4.90 Å². The van der Waals surface area contributed by atoms with Crippen molar-refractivity contribution in [1.29, 1.82) is 0 Å². The highest BCUT2D eigenvalue weighted by atomic mass is 16.5. The van der Waals surface area contributed by atoms with E-state index in [4.69, 9.17) is 9.47 Å². The Hall–Kier alpha value is -6.20. The molecule has 4 nitrogen and oxygen atoms in total. The second-order valence-corrected chi connectivity index (χ2v) is 20.9. The van der Waals surface area contributed by atoms with Gasteiger partial charge in [-0.25, -0.2) is 0 Å². The van der Waals surface area contributed by atoms with Crippen molar-refractivity contribution < 1.29 is 9.47 Å². The van der Waals surface area contributed by atoms with E-state index >= 15 is 0 Å². The molecule has 310 valence electrons. The number of anilines is 3. The first-order valence-corrected chi connectivity index (χ1v) is 22.2. The largest absolute Gasteiger partial charge is 0.458 e. The average molecular weight is 813 g/mol. The third-order valence-electron chi connectivity index (χ3n) is 13.2. The summed E-state index contributed by atoms with van der Waals surface area (Å²) in [5.74, 6) is 3.43. The van der Waals surface area contributed by atoms with Gasteiger partial charge in [0.25, 0.3) is 6.71 Å². The summed E-state index contributed by atoms with van der Waals surface area (Å²) in [6, 6.07) is 47.5. The summed E-state index contributed by atoms with van der Waals surface area (Å²) in [6.45, 7) is 24.7. The zero-order chi connectivity index (χ0) is 43.6. The lowest BCUT2D eigenvalue weighted by Crippen LogP contribution is -2.58. The molecule has 0 fully saturated rings. The minimum absolute atomic E-state index is 0.0232. The van der Waals surface area contributed by atoms with Gasteiger partial charge in [0.05, 0.1) is 5.69 Å². The monoisotopic (exact) mass is 812 g/mol. The van der Waals surface area contributed by atoms with Gasteiger partial charge in [-0.1, -0.05) is 146 Å². The van der Waals surface area contributed by atoms with Gasteiger partial charge in [0.1, 0.15) is 23.0 Å². The molecule has 0 aliphatic carbocycles. The summed E-state index contributed by atoms with van der Waals surface area (Å²) in [6.07, 6.45) is 0. The Labute approximate surface area is 368 Å². The van der Waals surface area contributed by atoms with E-state index in [1.165, 1.54) is 49.6 Å². The van der Waals surface area contributed by atoms with Crippen molar-refractivity contribution in [3.8, 4) is 34.1 Å². The summed E-state index contributed by atoms with van der Waals surface area (Å²) >= 11 is 0. The molecular formula is C57H57BN2O2. The van der Waals surface area contributed by atoms with Gasteiger partial charge in [-0.3, -0.25) is 0 Å². The predicted octanol–water partition coefficient (Wildman–Crippen LogP) is 13.7. The first kappa shape index (κ1) is 39.9. The Balaban J connectivity index is 1.30. The van der Waals surface area contributed by atoms with Gasteiger partial charge >= 0.3 is 0 Å². The first-order valence-electron chi connectivity index (χ1n) is 22.2. The lowest BCUT2D eigenvalue weighted by atomic mass is 9.34. The molecular weight excluding hydrogens is 755 g/mol. The highest BCUT2D eigenvalue weighted by molar-refractivity contribution is 6.99. The fourth-order valence-electron chi connectivity index (χ4n) is 9.93. The molecule has 0 spiro atoms. The van der Waals surface area contributed by atoms with E-state index < -0.39 is 0 Å². The Bertz CT molecular complexity index is 3020. The SMILES string of the molecule is Cc1cc(C)cc(-c2cc3c4c(c2)Oc2cc(N(c5ccc(C(C)(C)C)cc5)c5ccc(C(C)(C)C)cc5)c5c6ccccc6n(C)c5c2B4c2cc(C(C)(C)C)ccc2O3)c1. The van der Waals surface area contributed by atoms with Gasteiger partial charge in [0, 0.05) is 51.8 Å². The number of para-hydroxylation sites is 1. The number of hydrogen-bond donors (Lipinski definition) is 0. The van der Waals surface area contributed by atoms with Crippen molar-refractivity contribution in [3.63, 3.8) is 0 Å². The van der Waals surface area contributed by atoms with Crippen molar-refractivity contribution >= 4 is 62.0 Å². The predicted molar refractivity (Wildman–Crippen MR) is 264 cm³/mol. The first-order chi connectivity index (χ1) is 29.3. The van der Waals surface area contributed by atoms with Gasteiger partial charge in [-0.2, -0.15) is 0 Å². The summed E-state index contributed by atoms with van der Waals surface area (Å²) < 4.78 is 16.8. The minimum Gasteiger partial charge on any atom is -0.458 e. The molecule has 1 aromatic heterocycles. The van der Waals surface area contributed by atoms with Crippen molar-refractivity contribution in [2.45, 2.75) is 92.4 Å². The van der Waals surface area contributed by atoms with Crippen LogP contribution in [0.1, 0.15) is 90.1 Å². The Morgan fingerprint density at radius 2 is 1.00 bits per heavy atom. The zero-order valence-electron chi connectivity index (χ0n) is 38.4. The normalized spacial score (nSPS) is 13.4. The van der Waals surface area contributed by atoms with Gasteiger partial charge in [0.2, 0.25) is 0 Å². The molecule has 62 heavy (non-hydrogen) atoms. The number of aromatic nitrogens is 1. The van der Waals surface area contributed by atoms with Crippen LogP contribution in [0, 0.1) is 13.8 Å². The molecule has 0 N–H and O–H groups in total. The Kier molecular flexibility index (Phi) is 8.95. The number of fused-ring (bicyclic) bond motifs is 8. The fourth-order valence-corrected chi connectivity index (χ4v) is 9.93. The Morgan fingerprint density at radius 1 is 0.500 bits per heavy atom. The second-order valence-electron chi connectivity index (χ2n) is 20.9. The number of ether oxygens (including phenoxy) is 2. The average Bonchev–Trinajstić information content (AvgIpc) is 3.51. The molecule has 3 heterocycles. The van der Waals surface area contributed by atoms with E-state index in [0.717, 1.165) is 67.6 Å². The summed E-state index contributed by atoms with van der Waals surface area (Å²) in [7, 11) is 2.22. The molecule has 0 unspecified atom stereocenters. The highest BCUT2D eigenvalue weighted by Gasteiger charge is 2.44. The molecule has 0 amide bonds. The molecule has 8 aromatic rings. The van der Waals surface area contributed by atoms with Crippen molar-refractivity contribution in [3.05, 3.63) is 155 Å². The minimum atomic E-state index is -0.131. The topological polar surface area (TPSA) is 26.6 Å². The molecule has 0 atom stereocenters. The maximum atomic E-state index is 7.39. The lowest BCUT2D eigenvalue weighted by Gasteiger charge is -2.36. The molecule has 7 aromatic carbocycles. The van der Waals surface area contributed by atoms with Gasteiger partial charge in [-0.05, 0) is 117 Å². The second kappa shape index (κ2) is 13.9. The number of hydrogen-bond acceptors (Lipinski definition) is 3. The summed E-state index contributed by atoms with van der Waals surface area (Å²) in [4.78, 5) is 2.44. The van der Waals surface area contributed by atoms with Crippen LogP contribution in [-0.2, 0) is 23.3 Å². The standard InChI is InChI=1S/C57H57BN2O2/c1-34-27-35(2)29-36(28-34)37-30-48-52-49(31-37)62-50-33-46(60(41-22-17-38(18-23-41)55(3,4)5)42-24-19-39(20-25-42)56(6,7)8)51-43-15-13-14-16-45(43)59(12)54(51)53(50)58(52)44-32-40(57(9,10)11)21-26-47(44)61-48/h13-33H,1-12H3. The molecule has 2 aliphatic rings. The molecule has 0 saturated heterocycles. The number of aryl methyl sites for hydroxylation is 3. The lowest BCUT2D eigenvalue weighted by molar-refractivity contribution is 0.464. The van der Waals surface area contributed by atoms with E-state index in [9.17, 15) is 0 Å². The number of rotatable bonds is 4. The van der Waals surface area contributed by atoms with Crippen molar-refractivity contribution in [1.82, 2.24) is 4.57 Å². The van der Waals surface area contributed by atoms with Crippen LogP contribution in [0.25, 0.3) is 32.9 Å². The van der Waals surface area contributed by atoms with Crippen LogP contribution in [0.3, 0.4) is 0 Å². The molecule has 5 heteroatoms. The molecule has 2 aliphatic heterocycles. The quantitative estimate of drug-likeness (QED) is 0.166. The third-order valence-corrected chi connectivity index (χ3v) is 13.2. The van der Waals surface area contributed by atoms with Crippen LogP contribution in [-0.4, -0.2) is 11.3 Å². The maximum Gasteiger partial charge on any atom is 0.263 e. The van der Waals surface area contributed by atoms with Crippen LogP contribution in [0.5, 0.6) is 23.0 Å². The number of nitrogens with zero attached hydrogens (tertiary/aromatic N) is 2. The van der Waals surface area contributed by atoms with Gasteiger partial charge < -0.3 is 18.9 Å². The van der Waals surface area contributed by atoms with Crippen LogP contribution < -0.4 is 30.8 Å². The molecule has 0 radical (unpaired) electrons. The fraction of sp³-hybridized carbons (Fsp3) is 0.263. The van der Waals surface area contributed by atoms with Gasteiger partial charge in [-0.15, -0.1) is 0 Å². The Morgan fingerprint density at radius 3 is 1.56 bits per heavy atom. The van der Waals surface area contributed by atoms with E-state index in [1.54, 1.807) is 0 Å². The molecule has 0 saturated carbocycles. The van der Waals surface area contributed by atoms with Crippen molar-refractivity contribution in [2.24, 2.45) is 7.05 Å². The van der Waals surface area contributed by atoms with Crippen LogP contribution in [0.2, 0.25) is 0 Å². The van der Waals surface area contributed by atoms with Gasteiger partial charge in [0.15, 0.2) is 0 Å². The zero-order valence-corrected chi connectivity index (χ0v) is 38.4.